The second-order valence-corrected chi connectivity index (χ2v) is 7.11. The highest BCUT2D eigenvalue weighted by Gasteiger charge is 2.14. The number of nitrogen functional groups attached to an aromatic ring is 1. The molecule has 0 saturated heterocycles. The summed E-state index contributed by atoms with van der Waals surface area (Å²) in [5, 5.41) is 5.52. The summed E-state index contributed by atoms with van der Waals surface area (Å²) in [6.07, 6.45) is 3.58. The van der Waals surface area contributed by atoms with E-state index in [9.17, 15) is 0 Å². The lowest BCUT2D eigenvalue weighted by Gasteiger charge is -2.16. The Labute approximate surface area is 135 Å². The average molecular weight is 363 g/mol. The fraction of sp³-hybridized carbons (Fsp3) is 0.200. The number of pyridine rings is 1. The fourth-order valence-electron chi connectivity index (χ4n) is 2.19. The van der Waals surface area contributed by atoms with E-state index < -0.39 is 0 Å². The van der Waals surface area contributed by atoms with Gasteiger partial charge in [0.05, 0.1) is 29.1 Å². The van der Waals surface area contributed by atoms with Gasteiger partial charge in [-0.1, -0.05) is 15.9 Å². The van der Waals surface area contributed by atoms with E-state index in [4.69, 9.17) is 5.73 Å². The van der Waals surface area contributed by atoms with Crippen molar-refractivity contribution in [2.24, 2.45) is 0 Å². The highest BCUT2D eigenvalue weighted by atomic mass is 79.9. The Morgan fingerprint density at radius 1 is 1.29 bits per heavy atom. The number of rotatable bonds is 3. The summed E-state index contributed by atoms with van der Waals surface area (Å²) < 4.78 is 1.00. The normalized spacial score (nSPS) is 12.5. The molecular weight excluding hydrogens is 348 g/mol. The number of halogens is 1. The maximum atomic E-state index is 6.11. The molecule has 0 bridgehead atoms. The van der Waals surface area contributed by atoms with Gasteiger partial charge in [-0.15, -0.1) is 11.3 Å². The SMILES string of the molecule is Cc1cnc(C(C)Nc2c(N)cnc3ccc(Br)cc23)s1. The van der Waals surface area contributed by atoms with Crippen molar-refractivity contribution in [2.45, 2.75) is 19.9 Å². The minimum absolute atomic E-state index is 0.0931. The third kappa shape index (κ3) is 2.87. The van der Waals surface area contributed by atoms with Crippen LogP contribution in [0.3, 0.4) is 0 Å². The van der Waals surface area contributed by atoms with Crippen LogP contribution in [-0.4, -0.2) is 9.97 Å². The van der Waals surface area contributed by atoms with E-state index in [1.165, 1.54) is 4.88 Å². The zero-order valence-electron chi connectivity index (χ0n) is 11.7. The average Bonchev–Trinajstić information content (AvgIpc) is 2.89. The van der Waals surface area contributed by atoms with E-state index in [1.54, 1.807) is 17.5 Å². The van der Waals surface area contributed by atoms with Crippen molar-refractivity contribution in [3.63, 3.8) is 0 Å². The molecule has 6 heteroatoms. The van der Waals surface area contributed by atoms with Gasteiger partial charge in [-0.25, -0.2) is 4.98 Å². The molecule has 1 unspecified atom stereocenters. The lowest BCUT2D eigenvalue weighted by molar-refractivity contribution is 0.872. The first-order valence-corrected chi connectivity index (χ1v) is 8.18. The third-order valence-electron chi connectivity index (χ3n) is 3.23. The molecule has 0 spiro atoms. The third-order valence-corrected chi connectivity index (χ3v) is 4.82. The molecule has 0 aliphatic carbocycles. The molecule has 108 valence electrons. The van der Waals surface area contributed by atoms with Gasteiger partial charge in [0.25, 0.3) is 0 Å². The highest BCUT2D eigenvalue weighted by molar-refractivity contribution is 9.10. The molecule has 0 aliphatic heterocycles. The number of aromatic nitrogens is 2. The number of hydrogen-bond donors (Lipinski definition) is 2. The van der Waals surface area contributed by atoms with Crippen molar-refractivity contribution in [3.8, 4) is 0 Å². The zero-order valence-corrected chi connectivity index (χ0v) is 14.1. The van der Waals surface area contributed by atoms with Crippen LogP contribution in [0.25, 0.3) is 10.9 Å². The lowest BCUT2D eigenvalue weighted by atomic mass is 10.1. The number of nitrogens with one attached hydrogen (secondary N) is 1. The fourth-order valence-corrected chi connectivity index (χ4v) is 3.33. The maximum absolute atomic E-state index is 6.11. The number of fused-ring (bicyclic) bond motifs is 1. The zero-order chi connectivity index (χ0) is 15.0. The predicted molar refractivity (Wildman–Crippen MR) is 92.7 cm³/mol. The number of benzene rings is 1. The van der Waals surface area contributed by atoms with Crippen LogP contribution in [0.1, 0.15) is 22.9 Å². The van der Waals surface area contributed by atoms with Crippen molar-refractivity contribution in [1.82, 2.24) is 9.97 Å². The number of aryl methyl sites for hydroxylation is 1. The van der Waals surface area contributed by atoms with Gasteiger partial charge in [0.15, 0.2) is 0 Å². The van der Waals surface area contributed by atoms with Gasteiger partial charge in [-0.3, -0.25) is 4.98 Å². The highest BCUT2D eigenvalue weighted by Crippen LogP contribution is 2.33. The molecule has 0 aliphatic rings. The van der Waals surface area contributed by atoms with E-state index in [-0.39, 0.29) is 6.04 Å². The summed E-state index contributed by atoms with van der Waals surface area (Å²) in [5.41, 5.74) is 8.57. The van der Waals surface area contributed by atoms with Gasteiger partial charge in [0, 0.05) is 20.9 Å². The molecule has 1 atom stereocenters. The molecule has 0 amide bonds. The van der Waals surface area contributed by atoms with Crippen molar-refractivity contribution in [1.29, 1.82) is 0 Å². The van der Waals surface area contributed by atoms with Gasteiger partial charge >= 0.3 is 0 Å². The van der Waals surface area contributed by atoms with Crippen molar-refractivity contribution in [2.75, 3.05) is 11.1 Å². The molecule has 3 N–H and O–H groups in total. The van der Waals surface area contributed by atoms with Gasteiger partial charge in [0.1, 0.15) is 5.01 Å². The minimum Gasteiger partial charge on any atom is -0.396 e. The van der Waals surface area contributed by atoms with Crippen LogP contribution in [0.15, 0.2) is 35.1 Å². The molecule has 3 aromatic rings. The Hall–Kier alpha value is -1.66. The number of nitrogens with two attached hydrogens (primary N) is 1. The summed E-state index contributed by atoms with van der Waals surface area (Å²) in [6, 6.07) is 6.07. The molecule has 2 heterocycles. The second-order valence-electron chi connectivity index (χ2n) is 4.93. The Morgan fingerprint density at radius 2 is 2.10 bits per heavy atom. The number of hydrogen-bond acceptors (Lipinski definition) is 5. The van der Waals surface area contributed by atoms with Gasteiger partial charge in [-0.05, 0) is 32.0 Å². The van der Waals surface area contributed by atoms with E-state index in [1.807, 2.05) is 24.4 Å². The van der Waals surface area contributed by atoms with Gasteiger partial charge in [0.2, 0.25) is 0 Å². The monoisotopic (exact) mass is 362 g/mol. The maximum Gasteiger partial charge on any atom is 0.115 e. The molecular formula is C15H15BrN4S. The quantitative estimate of drug-likeness (QED) is 0.718. The molecule has 1 aromatic carbocycles. The van der Waals surface area contributed by atoms with E-state index in [0.717, 1.165) is 26.1 Å². The molecule has 4 nitrogen and oxygen atoms in total. The van der Waals surface area contributed by atoms with E-state index in [2.05, 4.69) is 45.1 Å². The molecule has 0 fully saturated rings. The van der Waals surface area contributed by atoms with Crippen molar-refractivity contribution < 1.29 is 0 Å². The van der Waals surface area contributed by atoms with Crippen LogP contribution in [0.4, 0.5) is 11.4 Å². The molecule has 3 rings (SSSR count). The predicted octanol–water partition coefficient (Wildman–Crippen LogP) is 4.52. The first kappa shape index (κ1) is 14.3. The van der Waals surface area contributed by atoms with Gasteiger partial charge in [-0.2, -0.15) is 0 Å². The van der Waals surface area contributed by atoms with Crippen LogP contribution in [0.5, 0.6) is 0 Å². The number of nitrogens with zero attached hydrogens (tertiary/aromatic N) is 2. The smallest absolute Gasteiger partial charge is 0.115 e. The Kier molecular flexibility index (Phi) is 3.82. The molecule has 21 heavy (non-hydrogen) atoms. The standard InChI is InChI=1S/C15H15BrN4S/c1-8-6-19-15(21-8)9(2)20-14-11-5-10(16)3-4-13(11)18-7-12(14)17/h3-7,9H,17H2,1-2H3,(H,18,20). The first-order valence-electron chi connectivity index (χ1n) is 6.57. The number of thiazole rings is 1. The lowest BCUT2D eigenvalue weighted by Crippen LogP contribution is -2.09. The topological polar surface area (TPSA) is 63.8 Å². The van der Waals surface area contributed by atoms with Crippen LogP contribution < -0.4 is 11.1 Å². The summed E-state index contributed by atoms with van der Waals surface area (Å²) in [6.45, 7) is 4.14. The van der Waals surface area contributed by atoms with E-state index >= 15 is 0 Å². The Balaban J connectivity index is 2.03. The van der Waals surface area contributed by atoms with Crippen molar-refractivity contribution >= 4 is 49.5 Å². The largest absolute Gasteiger partial charge is 0.396 e. The Bertz CT molecular complexity index is 794. The summed E-state index contributed by atoms with van der Waals surface area (Å²) in [4.78, 5) is 10.0. The van der Waals surface area contributed by atoms with Crippen LogP contribution >= 0.6 is 27.3 Å². The van der Waals surface area contributed by atoms with E-state index in [0.29, 0.717) is 5.69 Å². The van der Waals surface area contributed by atoms with Crippen LogP contribution in [0.2, 0.25) is 0 Å². The number of anilines is 2. The second kappa shape index (κ2) is 5.61. The van der Waals surface area contributed by atoms with Crippen LogP contribution in [-0.2, 0) is 0 Å². The minimum atomic E-state index is 0.0931. The van der Waals surface area contributed by atoms with Gasteiger partial charge < -0.3 is 11.1 Å². The summed E-state index contributed by atoms with van der Waals surface area (Å²) in [7, 11) is 0. The molecule has 0 radical (unpaired) electrons. The van der Waals surface area contributed by atoms with Crippen LogP contribution in [0, 0.1) is 6.92 Å². The first-order chi connectivity index (χ1) is 10.0. The molecule has 2 aromatic heterocycles. The molecule has 0 saturated carbocycles. The summed E-state index contributed by atoms with van der Waals surface area (Å²) in [5.74, 6) is 0. The Morgan fingerprint density at radius 3 is 2.81 bits per heavy atom. The summed E-state index contributed by atoms with van der Waals surface area (Å²) >= 11 is 5.19. The van der Waals surface area contributed by atoms with Crippen molar-refractivity contribution in [3.05, 3.63) is 45.0 Å².